The summed E-state index contributed by atoms with van der Waals surface area (Å²) >= 11 is 0. The van der Waals surface area contributed by atoms with Gasteiger partial charge in [-0.15, -0.1) is 0 Å². The van der Waals surface area contributed by atoms with E-state index in [4.69, 9.17) is 9.47 Å². The molecule has 2 saturated carbocycles. The van der Waals surface area contributed by atoms with E-state index in [2.05, 4.69) is 33.0 Å². The molecule has 2 rings (SSSR count). The van der Waals surface area contributed by atoms with Crippen LogP contribution in [0.1, 0.15) is 130 Å². The maximum absolute atomic E-state index is 13.0. The number of hydrogen-bond donors (Lipinski definition) is 1. The minimum absolute atomic E-state index is 0.0646. The van der Waals surface area contributed by atoms with Crippen molar-refractivity contribution in [3.63, 3.8) is 0 Å². The molecule has 33 heavy (non-hydrogen) atoms. The molecule has 2 fully saturated rings. The SMILES string of the molecule is CCCCCCCCCCCOC(=O)C1(NC(=O)OC2CC(C)CCC2C(C)C)CCCC1. The Morgan fingerprint density at radius 3 is 2.15 bits per heavy atom. The molecule has 5 heteroatoms. The molecule has 0 aromatic carbocycles. The van der Waals surface area contributed by atoms with Gasteiger partial charge in [-0.3, -0.25) is 0 Å². The van der Waals surface area contributed by atoms with Crippen LogP contribution in [0.4, 0.5) is 4.79 Å². The monoisotopic (exact) mass is 465 g/mol. The van der Waals surface area contributed by atoms with Crippen molar-refractivity contribution in [1.29, 1.82) is 0 Å². The van der Waals surface area contributed by atoms with Gasteiger partial charge in [0.05, 0.1) is 6.61 Å². The summed E-state index contributed by atoms with van der Waals surface area (Å²) in [5.74, 6) is 1.18. The molecule has 0 spiro atoms. The van der Waals surface area contributed by atoms with E-state index in [1.807, 2.05) is 0 Å². The fraction of sp³-hybridized carbons (Fsp3) is 0.929. The second-order valence-electron chi connectivity index (χ2n) is 11.1. The Labute approximate surface area is 203 Å². The highest BCUT2D eigenvalue weighted by atomic mass is 16.6. The predicted molar refractivity (Wildman–Crippen MR) is 134 cm³/mol. The zero-order valence-electron chi connectivity index (χ0n) is 22.0. The molecule has 0 aromatic rings. The van der Waals surface area contributed by atoms with Gasteiger partial charge in [0.1, 0.15) is 11.6 Å². The van der Waals surface area contributed by atoms with Crippen LogP contribution < -0.4 is 5.32 Å². The Balaban J connectivity index is 1.73. The van der Waals surface area contributed by atoms with Crippen LogP contribution in [0.15, 0.2) is 0 Å². The van der Waals surface area contributed by atoms with Gasteiger partial charge in [-0.2, -0.15) is 0 Å². The molecule has 0 radical (unpaired) electrons. The van der Waals surface area contributed by atoms with Gasteiger partial charge in [0, 0.05) is 0 Å². The minimum Gasteiger partial charge on any atom is -0.464 e. The molecule has 1 amide bonds. The van der Waals surface area contributed by atoms with Gasteiger partial charge >= 0.3 is 12.1 Å². The number of nitrogens with one attached hydrogen (secondary N) is 1. The molecule has 192 valence electrons. The van der Waals surface area contributed by atoms with E-state index in [1.54, 1.807) is 0 Å². The van der Waals surface area contributed by atoms with E-state index in [0.29, 0.717) is 37.2 Å². The fourth-order valence-electron chi connectivity index (χ4n) is 5.69. The van der Waals surface area contributed by atoms with E-state index in [-0.39, 0.29) is 12.1 Å². The Kier molecular flexibility index (Phi) is 12.6. The quantitative estimate of drug-likeness (QED) is 0.212. The van der Waals surface area contributed by atoms with Gasteiger partial charge in [-0.05, 0) is 49.9 Å². The second-order valence-corrected chi connectivity index (χ2v) is 11.1. The summed E-state index contributed by atoms with van der Waals surface area (Å²) < 4.78 is 11.6. The molecule has 2 aliphatic carbocycles. The highest BCUT2D eigenvalue weighted by molar-refractivity contribution is 5.86. The number of carbonyl (C=O) groups excluding carboxylic acids is 2. The standard InChI is InChI=1S/C28H51NO4/c1-5-6-7-8-9-10-11-12-15-20-32-26(30)28(18-13-14-19-28)29-27(31)33-25-21-23(4)16-17-24(25)22(2)3/h22-25H,5-21H2,1-4H3,(H,29,31). The van der Waals surface area contributed by atoms with Gasteiger partial charge < -0.3 is 14.8 Å². The number of alkyl carbamates (subject to hydrolysis) is 1. The van der Waals surface area contributed by atoms with Crippen molar-refractivity contribution in [2.45, 2.75) is 142 Å². The molecule has 0 aromatic heterocycles. The molecule has 5 nitrogen and oxygen atoms in total. The molecule has 3 unspecified atom stereocenters. The van der Waals surface area contributed by atoms with Crippen molar-refractivity contribution < 1.29 is 19.1 Å². The third-order valence-corrected chi connectivity index (χ3v) is 7.89. The van der Waals surface area contributed by atoms with Crippen molar-refractivity contribution in [3.05, 3.63) is 0 Å². The topological polar surface area (TPSA) is 64.6 Å². The van der Waals surface area contributed by atoms with Crippen molar-refractivity contribution in [1.82, 2.24) is 5.32 Å². The van der Waals surface area contributed by atoms with Gasteiger partial charge in [0.25, 0.3) is 0 Å². The molecule has 0 heterocycles. The third kappa shape index (κ3) is 9.48. The molecule has 0 bridgehead atoms. The summed E-state index contributed by atoms with van der Waals surface area (Å²) in [5, 5.41) is 2.96. The average Bonchev–Trinajstić information content (AvgIpc) is 3.24. The largest absolute Gasteiger partial charge is 0.464 e. The molecule has 0 aliphatic heterocycles. The van der Waals surface area contributed by atoms with Crippen LogP contribution in [0.25, 0.3) is 0 Å². The molecule has 2 aliphatic rings. The Hall–Kier alpha value is -1.26. The lowest BCUT2D eigenvalue weighted by molar-refractivity contribution is -0.151. The lowest BCUT2D eigenvalue weighted by atomic mass is 9.75. The number of rotatable bonds is 14. The Morgan fingerprint density at radius 2 is 1.55 bits per heavy atom. The Bertz CT molecular complexity index is 570. The van der Waals surface area contributed by atoms with Crippen LogP contribution in [-0.4, -0.2) is 30.3 Å². The molecular weight excluding hydrogens is 414 g/mol. The molecule has 0 saturated heterocycles. The number of hydrogen-bond acceptors (Lipinski definition) is 4. The maximum atomic E-state index is 13.0. The van der Waals surface area contributed by atoms with Crippen LogP contribution in [0.2, 0.25) is 0 Å². The van der Waals surface area contributed by atoms with Crippen LogP contribution in [-0.2, 0) is 14.3 Å². The van der Waals surface area contributed by atoms with Gasteiger partial charge in [-0.25, -0.2) is 9.59 Å². The van der Waals surface area contributed by atoms with Crippen LogP contribution in [0.5, 0.6) is 0 Å². The second kappa shape index (κ2) is 14.9. The fourth-order valence-corrected chi connectivity index (χ4v) is 5.69. The normalized spacial score (nSPS) is 24.6. The van der Waals surface area contributed by atoms with Gasteiger partial charge in [-0.1, -0.05) is 98.3 Å². The predicted octanol–water partition coefficient (Wildman–Crippen LogP) is 7.56. The highest BCUT2D eigenvalue weighted by Gasteiger charge is 2.45. The number of esters is 1. The first-order valence-electron chi connectivity index (χ1n) is 14.0. The van der Waals surface area contributed by atoms with Crippen LogP contribution in [0, 0.1) is 17.8 Å². The summed E-state index contributed by atoms with van der Waals surface area (Å²) in [5.41, 5.74) is -0.899. The third-order valence-electron chi connectivity index (χ3n) is 7.89. The zero-order valence-corrected chi connectivity index (χ0v) is 22.0. The molecule has 3 atom stereocenters. The van der Waals surface area contributed by atoms with E-state index in [9.17, 15) is 9.59 Å². The Morgan fingerprint density at radius 1 is 0.939 bits per heavy atom. The highest BCUT2D eigenvalue weighted by Crippen LogP contribution is 2.36. The molecular formula is C28H51NO4. The summed E-state index contributed by atoms with van der Waals surface area (Å²) in [6.45, 7) is 9.33. The minimum atomic E-state index is -0.899. The van der Waals surface area contributed by atoms with Crippen molar-refractivity contribution in [3.8, 4) is 0 Å². The summed E-state index contributed by atoms with van der Waals surface area (Å²) in [4.78, 5) is 25.8. The van der Waals surface area contributed by atoms with Crippen LogP contribution >= 0.6 is 0 Å². The van der Waals surface area contributed by atoms with Gasteiger partial charge in [0.15, 0.2) is 0 Å². The van der Waals surface area contributed by atoms with E-state index in [1.165, 1.54) is 51.4 Å². The smallest absolute Gasteiger partial charge is 0.408 e. The maximum Gasteiger partial charge on any atom is 0.408 e. The lowest BCUT2D eigenvalue weighted by Gasteiger charge is -2.37. The summed E-state index contributed by atoms with van der Waals surface area (Å²) in [7, 11) is 0. The zero-order chi connectivity index (χ0) is 24.1. The van der Waals surface area contributed by atoms with E-state index >= 15 is 0 Å². The first kappa shape index (κ1) is 28.0. The summed E-state index contributed by atoms with van der Waals surface area (Å²) in [6.07, 6.45) is 17.0. The van der Waals surface area contributed by atoms with E-state index in [0.717, 1.165) is 38.5 Å². The first-order chi connectivity index (χ1) is 15.9. The summed E-state index contributed by atoms with van der Waals surface area (Å²) in [6, 6.07) is 0. The van der Waals surface area contributed by atoms with Crippen molar-refractivity contribution in [2.75, 3.05) is 6.61 Å². The van der Waals surface area contributed by atoms with Crippen LogP contribution in [0.3, 0.4) is 0 Å². The first-order valence-corrected chi connectivity index (χ1v) is 14.0. The number of unbranched alkanes of at least 4 members (excludes halogenated alkanes) is 8. The lowest BCUT2D eigenvalue weighted by Crippen LogP contribution is -2.54. The number of carbonyl (C=O) groups is 2. The van der Waals surface area contributed by atoms with E-state index < -0.39 is 11.6 Å². The van der Waals surface area contributed by atoms with Gasteiger partial charge in [0.2, 0.25) is 0 Å². The average molecular weight is 466 g/mol. The van der Waals surface area contributed by atoms with Crippen molar-refractivity contribution >= 4 is 12.1 Å². The number of amides is 1. The number of ether oxygens (including phenoxy) is 2. The molecule has 1 N–H and O–H groups in total. The van der Waals surface area contributed by atoms with Crippen molar-refractivity contribution in [2.24, 2.45) is 17.8 Å².